The van der Waals surface area contributed by atoms with Gasteiger partial charge in [-0.25, -0.2) is 3.11 Å². The van der Waals surface area contributed by atoms with Crippen molar-refractivity contribution in [1.82, 2.24) is 3.11 Å². The van der Waals surface area contributed by atoms with Crippen molar-refractivity contribution in [3.63, 3.8) is 0 Å². The lowest BCUT2D eigenvalue weighted by Crippen LogP contribution is -2.25. The van der Waals surface area contributed by atoms with E-state index in [0.717, 1.165) is 5.92 Å². The zero-order chi connectivity index (χ0) is 9.97. The number of aryl methyl sites for hydroxylation is 1. The van der Waals surface area contributed by atoms with Crippen molar-refractivity contribution in [3.8, 4) is 0 Å². The number of piperidine rings is 1. The second-order valence-electron chi connectivity index (χ2n) is 4.04. The Morgan fingerprint density at radius 2 is 1.86 bits per heavy atom. The van der Waals surface area contributed by atoms with Crippen LogP contribution in [0.1, 0.15) is 29.9 Å². The summed E-state index contributed by atoms with van der Waals surface area (Å²) in [4.78, 5) is 0. The van der Waals surface area contributed by atoms with Crippen molar-refractivity contribution in [2.75, 3.05) is 13.1 Å². The highest BCUT2D eigenvalue weighted by atomic mass is 127. The lowest BCUT2D eigenvalue weighted by molar-refractivity contribution is 0.368. The van der Waals surface area contributed by atoms with E-state index >= 15 is 0 Å². The topological polar surface area (TPSA) is 3.24 Å². The van der Waals surface area contributed by atoms with Crippen molar-refractivity contribution in [1.29, 1.82) is 0 Å². The van der Waals surface area contributed by atoms with E-state index < -0.39 is 0 Å². The SMILES string of the molecule is Cc1ccccc1C1CCN(I)CC1. The third-order valence-corrected chi connectivity index (χ3v) is 4.03. The molecule has 0 radical (unpaired) electrons. The molecule has 2 rings (SSSR count). The molecule has 1 aromatic rings. The van der Waals surface area contributed by atoms with Gasteiger partial charge in [0.25, 0.3) is 0 Å². The number of hydrogen-bond donors (Lipinski definition) is 0. The zero-order valence-electron chi connectivity index (χ0n) is 8.54. The summed E-state index contributed by atoms with van der Waals surface area (Å²) < 4.78 is 2.40. The molecule has 0 unspecified atom stereocenters. The Morgan fingerprint density at radius 3 is 2.50 bits per heavy atom. The summed E-state index contributed by atoms with van der Waals surface area (Å²) in [6.45, 7) is 4.70. The van der Waals surface area contributed by atoms with Crippen LogP contribution in [0.2, 0.25) is 0 Å². The number of benzene rings is 1. The van der Waals surface area contributed by atoms with E-state index in [-0.39, 0.29) is 0 Å². The number of hydrogen-bond acceptors (Lipinski definition) is 1. The first-order valence-corrected chi connectivity index (χ1v) is 6.20. The van der Waals surface area contributed by atoms with Gasteiger partial charge in [0.05, 0.1) is 0 Å². The minimum absolute atomic E-state index is 0.794. The molecule has 1 fully saturated rings. The maximum atomic E-state index is 2.43. The molecular weight excluding hydrogens is 285 g/mol. The van der Waals surface area contributed by atoms with Crippen molar-refractivity contribution in [2.45, 2.75) is 25.7 Å². The van der Waals surface area contributed by atoms with Crippen LogP contribution in [0, 0.1) is 6.92 Å². The Kier molecular flexibility index (Phi) is 3.44. The molecule has 2 heteroatoms. The van der Waals surface area contributed by atoms with E-state index in [0.29, 0.717) is 0 Å². The van der Waals surface area contributed by atoms with Gasteiger partial charge >= 0.3 is 0 Å². The molecule has 0 bridgehead atoms. The lowest BCUT2D eigenvalue weighted by Gasteiger charge is -2.28. The quantitative estimate of drug-likeness (QED) is 0.566. The molecule has 0 spiro atoms. The number of halogens is 1. The molecule has 0 aliphatic carbocycles. The van der Waals surface area contributed by atoms with E-state index in [9.17, 15) is 0 Å². The van der Waals surface area contributed by atoms with Gasteiger partial charge in [0.2, 0.25) is 0 Å². The van der Waals surface area contributed by atoms with Crippen molar-refractivity contribution < 1.29 is 0 Å². The predicted octanol–water partition coefficient (Wildman–Crippen LogP) is 3.52. The van der Waals surface area contributed by atoms with Crippen LogP contribution in [0.3, 0.4) is 0 Å². The van der Waals surface area contributed by atoms with Crippen molar-refractivity contribution >= 4 is 22.9 Å². The molecule has 1 aliphatic heterocycles. The molecule has 0 amide bonds. The first-order valence-electron chi connectivity index (χ1n) is 5.23. The van der Waals surface area contributed by atoms with Crippen LogP contribution in [0.5, 0.6) is 0 Å². The zero-order valence-corrected chi connectivity index (χ0v) is 10.7. The Bertz CT molecular complexity index is 303. The molecule has 76 valence electrons. The second kappa shape index (κ2) is 4.62. The first kappa shape index (κ1) is 10.4. The monoisotopic (exact) mass is 301 g/mol. The molecule has 1 aliphatic rings. The maximum Gasteiger partial charge on any atom is 0.0201 e. The van der Waals surface area contributed by atoms with Crippen LogP contribution >= 0.6 is 22.9 Å². The summed E-state index contributed by atoms with van der Waals surface area (Å²) in [5, 5.41) is 0. The fourth-order valence-corrected chi connectivity index (χ4v) is 2.76. The summed E-state index contributed by atoms with van der Waals surface area (Å²) in [5.74, 6) is 0.794. The van der Waals surface area contributed by atoms with Gasteiger partial charge in [-0.3, -0.25) is 0 Å². The summed E-state index contributed by atoms with van der Waals surface area (Å²) in [6, 6.07) is 8.82. The molecule has 0 aromatic heterocycles. The van der Waals surface area contributed by atoms with Crippen LogP contribution in [0.4, 0.5) is 0 Å². The average Bonchev–Trinajstić information content (AvgIpc) is 2.20. The van der Waals surface area contributed by atoms with E-state index in [4.69, 9.17) is 0 Å². The van der Waals surface area contributed by atoms with Gasteiger partial charge in [0.1, 0.15) is 0 Å². The minimum atomic E-state index is 0.794. The van der Waals surface area contributed by atoms with E-state index in [1.165, 1.54) is 31.5 Å². The van der Waals surface area contributed by atoms with Gasteiger partial charge in [-0.05, 0) is 36.8 Å². The highest BCUT2D eigenvalue weighted by molar-refractivity contribution is 14.1. The average molecular weight is 301 g/mol. The third-order valence-electron chi connectivity index (χ3n) is 3.07. The molecular formula is C12H16IN. The van der Waals surface area contributed by atoms with Crippen LogP contribution < -0.4 is 0 Å². The Morgan fingerprint density at radius 1 is 1.21 bits per heavy atom. The first-order chi connectivity index (χ1) is 6.77. The molecule has 0 saturated carbocycles. The van der Waals surface area contributed by atoms with Crippen LogP contribution in [0.15, 0.2) is 24.3 Å². The molecule has 1 aromatic carbocycles. The Balaban J connectivity index is 2.12. The predicted molar refractivity (Wildman–Crippen MR) is 68.7 cm³/mol. The van der Waals surface area contributed by atoms with Crippen molar-refractivity contribution in [3.05, 3.63) is 35.4 Å². The normalized spacial score (nSPS) is 19.9. The Hall–Kier alpha value is -0.0900. The standard InChI is InChI=1S/C12H16IN/c1-10-4-2-3-5-12(10)11-6-8-14(13)9-7-11/h2-5,11H,6-9H2,1H3. The van der Waals surface area contributed by atoms with Gasteiger partial charge in [0.15, 0.2) is 0 Å². The van der Waals surface area contributed by atoms with Gasteiger partial charge in [-0.1, -0.05) is 24.3 Å². The van der Waals surface area contributed by atoms with Gasteiger partial charge < -0.3 is 0 Å². The maximum absolute atomic E-state index is 2.43. The van der Waals surface area contributed by atoms with Gasteiger partial charge in [-0.2, -0.15) is 0 Å². The van der Waals surface area contributed by atoms with E-state index in [2.05, 4.69) is 57.2 Å². The largest absolute Gasteiger partial charge is 0.248 e. The number of nitrogens with zero attached hydrogens (tertiary/aromatic N) is 1. The molecule has 0 N–H and O–H groups in total. The lowest BCUT2D eigenvalue weighted by atomic mass is 9.88. The van der Waals surface area contributed by atoms with Crippen LogP contribution in [-0.4, -0.2) is 16.2 Å². The van der Waals surface area contributed by atoms with Crippen LogP contribution in [0.25, 0.3) is 0 Å². The molecule has 14 heavy (non-hydrogen) atoms. The smallest absolute Gasteiger partial charge is 0.0201 e. The molecule has 1 nitrogen and oxygen atoms in total. The number of rotatable bonds is 1. The summed E-state index contributed by atoms with van der Waals surface area (Å²) in [6.07, 6.45) is 2.63. The van der Waals surface area contributed by atoms with E-state index in [1.807, 2.05) is 0 Å². The fourth-order valence-electron chi connectivity index (χ4n) is 2.20. The molecule has 1 heterocycles. The van der Waals surface area contributed by atoms with Crippen molar-refractivity contribution in [2.24, 2.45) is 0 Å². The summed E-state index contributed by atoms with van der Waals surface area (Å²) in [7, 11) is 0. The Labute approximate surface area is 100.0 Å². The highest BCUT2D eigenvalue weighted by Gasteiger charge is 2.19. The van der Waals surface area contributed by atoms with E-state index in [1.54, 1.807) is 5.56 Å². The van der Waals surface area contributed by atoms with Crippen LogP contribution in [-0.2, 0) is 0 Å². The second-order valence-corrected chi connectivity index (χ2v) is 5.41. The van der Waals surface area contributed by atoms with Gasteiger partial charge in [-0.15, -0.1) is 0 Å². The summed E-state index contributed by atoms with van der Waals surface area (Å²) >= 11 is 2.43. The highest BCUT2D eigenvalue weighted by Crippen LogP contribution is 2.30. The third kappa shape index (κ3) is 2.28. The molecule has 0 atom stereocenters. The fraction of sp³-hybridized carbons (Fsp3) is 0.500. The summed E-state index contributed by atoms with van der Waals surface area (Å²) in [5.41, 5.74) is 3.02. The minimum Gasteiger partial charge on any atom is -0.248 e. The molecule has 1 saturated heterocycles. The van der Waals surface area contributed by atoms with Gasteiger partial charge in [0, 0.05) is 36.0 Å².